The molecule has 0 radical (unpaired) electrons. The van der Waals surface area contributed by atoms with E-state index < -0.39 is 10.0 Å². The minimum atomic E-state index is -3.53. The zero-order chi connectivity index (χ0) is 16.2. The SMILES string of the molecule is Cc1ccc(S(=O)(=O)NCCOc2cccc(Cl)c2)c(C)c1. The molecular formula is C16H18ClNO3S. The highest BCUT2D eigenvalue weighted by molar-refractivity contribution is 7.89. The molecule has 0 fully saturated rings. The Morgan fingerprint density at radius 2 is 1.91 bits per heavy atom. The minimum Gasteiger partial charge on any atom is -0.492 e. The van der Waals surface area contributed by atoms with Crippen molar-refractivity contribution in [3.8, 4) is 5.75 Å². The molecule has 0 amide bonds. The Labute approximate surface area is 136 Å². The van der Waals surface area contributed by atoms with Gasteiger partial charge in [-0.1, -0.05) is 35.4 Å². The lowest BCUT2D eigenvalue weighted by atomic mass is 10.2. The van der Waals surface area contributed by atoms with E-state index in [1.54, 1.807) is 43.3 Å². The highest BCUT2D eigenvalue weighted by Crippen LogP contribution is 2.17. The summed E-state index contributed by atoms with van der Waals surface area (Å²) in [5.41, 5.74) is 1.75. The Balaban J connectivity index is 1.93. The van der Waals surface area contributed by atoms with Gasteiger partial charge in [0, 0.05) is 11.6 Å². The zero-order valence-corrected chi connectivity index (χ0v) is 14.0. The fourth-order valence-corrected chi connectivity index (χ4v) is 3.50. The van der Waals surface area contributed by atoms with Crippen LogP contribution in [0.5, 0.6) is 5.75 Å². The number of halogens is 1. The average molecular weight is 340 g/mol. The van der Waals surface area contributed by atoms with Gasteiger partial charge < -0.3 is 4.74 Å². The van der Waals surface area contributed by atoms with E-state index in [1.807, 2.05) is 13.0 Å². The van der Waals surface area contributed by atoms with Gasteiger partial charge in [0.2, 0.25) is 10.0 Å². The summed E-state index contributed by atoms with van der Waals surface area (Å²) in [5, 5.41) is 0.577. The van der Waals surface area contributed by atoms with E-state index in [0.29, 0.717) is 15.7 Å². The van der Waals surface area contributed by atoms with Crippen molar-refractivity contribution < 1.29 is 13.2 Å². The fourth-order valence-electron chi connectivity index (χ4n) is 2.08. The second-order valence-electron chi connectivity index (χ2n) is 4.97. The van der Waals surface area contributed by atoms with E-state index in [4.69, 9.17) is 16.3 Å². The van der Waals surface area contributed by atoms with E-state index in [9.17, 15) is 8.42 Å². The third-order valence-electron chi connectivity index (χ3n) is 3.08. The normalized spacial score (nSPS) is 11.4. The Hall–Kier alpha value is -1.56. The van der Waals surface area contributed by atoms with Crippen LogP contribution < -0.4 is 9.46 Å². The Bertz CT molecular complexity index is 760. The Kier molecular flexibility index (Phi) is 5.45. The fraction of sp³-hybridized carbons (Fsp3) is 0.250. The molecule has 0 saturated carbocycles. The van der Waals surface area contributed by atoms with Crippen LogP contribution in [0.3, 0.4) is 0 Å². The lowest BCUT2D eigenvalue weighted by Crippen LogP contribution is -2.28. The summed E-state index contributed by atoms with van der Waals surface area (Å²) in [4.78, 5) is 0.292. The molecular weight excluding hydrogens is 322 g/mol. The second-order valence-corrected chi connectivity index (χ2v) is 7.14. The number of sulfonamides is 1. The quantitative estimate of drug-likeness (QED) is 0.821. The van der Waals surface area contributed by atoms with E-state index in [1.165, 1.54) is 0 Å². The molecule has 2 aromatic rings. The van der Waals surface area contributed by atoms with Gasteiger partial charge >= 0.3 is 0 Å². The second kappa shape index (κ2) is 7.13. The predicted octanol–water partition coefficient (Wildman–Crippen LogP) is 3.31. The van der Waals surface area contributed by atoms with E-state index in [-0.39, 0.29) is 13.2 Å². The summed E-state index contributed by atoms with van der Waals surface area (Å²) in [7, 11) is -3.53. The third-order valence-corrected chi connectivity index (χ3v) is 4.94. The van der Waals surface area contributed by atoms with Crippen molar-refractivity contribution in [2.45, 2.75) is 18.7 Å². The van der Waals surface area contributed by atoms with Crippen molar-refractivity contribution in [3.63, 3.8) is 0 Å². The van der Waals surface area contributed by atoms with Crippen molar-refractivity contribution in [2.75, 3.05) is 13.2 Å². The Morgan fingerprint density at radius 1 is 1.14 bits per heavy atom. The maximum Gasteiger partial charge on any atom is 0.240 e. The molecule has 0 heterocycles. The van der Waals surface area contributed by atoms with Gasteiger partial charge in [-0.3, -0.25) is 0 Å². The van der Waals surface area contributed by atoms with Crippen LogP contribution >= 0.6 is 11.6 Å². The van der Waals surface area contributed by atoms with Gasteiger partial charge in [0.25, 0.3) is 0 Å². The van der Waals surface area contributed by atoms with Gasteiger partial charge in [-0.2, -0.15) is 0 Å². The first-order chi connectivity index (χ1) is 10.4. The van der Waals surface area contributed by atoms with E-state index in [2.05, 4.69) is 4.72 Å². The molecule has 4 nitrogen and oxygen atoms in total. The van der Waals surface area contributed by atoms with Crippen LogP contribution in [0.2, 0.25) is 5.02 Å². The van der Waals surface area contributed by atoms with Gasteiger partial charge in [0.1, 0.15) is 12.4 Å². The first kappa shape index (κ1) is 16.8. The first-order valence-electron chi connectivity index (χ1n) is 6.84. The molecule has 0 spiro atoms. The molecule has 0 aliphatic heterocycles. The lowest BCUT2D eigenvalue weighted by molar-refractivity contribution is 0.323. The van der Waals surface area contributed by atoms with Gasteiger partial charge in [0.05, 0.1) is 4.90 Å². The lowest BCUT2D eigenvalue weighted by Gasteiger charge is -2.11. The number of nitrogens with one attached hydrogen (secondary N) is 1. The summed E-state index contributed by atoms with van der Waals surface area (Å²) in [6.45, 7) is 4.12. The molecule has 0 atom stereocenters. The van der Waals surface area contributed by atoms with Crippen LogP contribution in [-0.2, 0) is 10.0 Å². The molecule has 2 rings (SSSR count). The molecule has 6 heteroatoms. The first-order valence-corrected chi connectivity index (χ1v) is 8.70. The van der Waals surface area contributed by atoms with Gasteiger partial charge in [0.15, 0.2) is 0 Å². The zero-order valence-electron chi connectivity index (χ0n) is 12.5. The summed E-state index contributed by atoms with van der Waals surface area (Å²) in [6.07, 6.45) is 0. The highest BCUT2D eigenvalue weighted by Gasteiger charge is 2.15. The average Bonchev–Trinajstić information content (AvgIpc) is 2.43. The number of rotatable bonds is 6. The van der Waals surface area contributed by atoms with Crippen LogP contribution in [-0.4, -0.2) is 21.6 Å². The summed E-state index contributed by atoms with van der Waals surface area (Å²) >= 11 is 5.85. The summed E-state index contributed by atoms with van der Waals surface area (Å²) in [6, 6.07) is 12.2. The van der Waals surface area contributed by atoms with E-state index in [0.717, 1.165) is 11.1 Å². The van der Waals surface area contributed by atoms with Crippen molar-refractivity contribution >= 4 is 21.6 Å². The minimum absolute atomic E-state index is 0.183. The summed E-state index contributed by atoms with van der Waals surface area (Å²) < 4.78 is 32.5. The molecule has 22 heavy (non-hydrogen) atoms. The van der Waals surface area contributed by atoms with Crippen molar-refractivity contribution in [1.82, 2.24) is 4.72 Å². The molecule has 0 unspecified atom stereocenters. The monoisotopic (exact) mass is 339 g/mol. The van der Waals surface area contributed by atoms with Crippen LogP contribution in [0.15, 0.2) is 47.4 Å². The molecule has 0 saturated heterocycles. The van der Waals surface area contributed by atoms with Crippen LogP contribution in [0.4, 0.5) is 0 Å². The van der Waals surface area contributed by atoms with Crippen molar-refractivity contribution in [1.29, 1.82) is 0 Å². The van der Waals surface area contributed by atoms with Crippen molar-refractivity contribution in [3.05, 3.63) is 58.6 Å². The topological polar surface area (TPSA) is 55.4 Å². The van der Waals surface area contributed by atoms with Gasteiger partial charge in [-0.15, -0.1) is 0 Å². The molecule has 0 bridgehead atoms. The van der Waals surface area contributed by atoms with Crippen molar-refractivity contribution in [2.24, 2.45) is 0 Å². The molecule has 0 aliphatic carbocycles. The predicted molar refractivity (Wildman–Crippen MR) is 88.1 cm³/mol. The van der Waals surface area contributed by atoms with Crippen LogP contribution in [0.1, 0.15) is 11.1 Å². The summed E-state index contributed by atoms with van der Waals surface area (Å²) in [5.74, 6) is 0.609. The largest absolute Gasteiger partial charge is 0.492 e. The third kappa shape index (κ3) is 4.47. The maximum absolute atomic E-state index is 12.2. The number of ether oxygens (including phenoxy) is 1. The standard InChI is InChI=1S/C16H18ClNO3S/c1-12-6-7-16(13(2)10-12)22(19,20)18-8-9-21-15-5-3-4-14(17)11-15/h3-7,10-11,18H,8-9H2,1-2H3. The van der Waals surface area contributed by atoms with Gasteiger partial charge in [-0.05, 0) is 43.7 Å². The number of hydrogen-bond acceptors (Lipinski definition) is 3. The Morgan fingerprint density at radius 3 is 2.59 bits per heavy atom. The number of benzene rings is 2. The van der Waals surface area contributed by atoms with Crippen LogP contribution in [0.25, 0.3) is 0 Å². The maximum atomic E-state index is 12.2. The number of aryl methyl sites for hydroxylation is 2. The molecule has 1 N–H and O–H groups in total. The molecule has 118 valence electrons. The molecule has 2 aromatic carbocycles. The van der Waals surface area contributed by atoms with Crippen LogP contribution in [0, 0.1) is 13.8 Å². The van der Waals surface area contributed by atoms with Gasteiger partial charge in [-0.25, -0.2) is 13.1 Å². The smallest absolute Gasteiger partial charge is 0.240 e. The number of hydrogen-bond donors (Lipinski definition) is 1. The highest BCUT2D eigenvalue weighted by atomic mass is 35.5. The molecule has 0 aliphatic rings. The van der Waals surface area contributed by atoms with E-state index >= 15 is 0 Å². The molecule has 0 aromatic heterocycles.